The summed E-state index contributed by atoms with van der Waals surface area (Å²) in [5.74, 6) is 0.771. The van der Waals surface area contributed by atoms with Gasteiger partial charge in [0, 0.05) is 26.1 Å². The lowest BCUT2D eigenvalue weighted by atomic mass is 10.1. The zero-order chi connectivity index (χ0) is 18.0. The second-order valence-corrected chi connectivity index (χ2v) is 8.09. The van der Waals surface area contributed by atoms with E-state index >= 15 is 0 Å². The van der Waals surface area contributed by atoms with E-state index < -0.39 is 5.60 Å². The van der Waals surface area contributed by atoms with Gasteiger partial charge in [0.2, 0.25) is 5.91 Å². The Morgan fingerprint density at radius 3 is 2.48 bits per heavy atom. The van der Waals surface area contributed by atoms with E-state index in [2.05, 4.69) is 0 Å². The summed E-state index contributed by atoms with van der Waals surface area (Å²) in [7, 11) is 0. The highest BCUT2D eigenvalue weighted by Gasteiger charge is 2.36. The first-order chi connectivity index (χ1) is 11.8. The van der Waals surface area contributed by atoms with Gasteiger partial charge in [-0.25, -0.2) is 4.79 Å². The molecular formula is C20H28N2O3. The molecule has 2 aliphatic rings. The number of nitrogens with zero attached hydrogens (tertiary/aromatic N) is 2. The third kappa shape index (κ3) is 4.74. The average molecular weight is 344 g/mol. The fraction of sp³-hybridized carbons (Fsp3) is 0.600. The Labute approximate surface area is 149 Å². The fourth-order valence-corrected chi connectivity index (χ4v) is 3.23. The molecule has 1 atom stereocenters. The third-order valence-electron chi connectivity index (χ3n) is 4.68. The summed E-state index contributed by atoms with van der Waals surface area (Å²) in [4.78, 5) is 29.0. The molecule has 0 N–H and O–H groups in total. The molecular weight excluding hydrogens is 316 g/mol. The molecule has 3 rings (SSSR count). The first kappa shape index (κ1) is 17.8. The summed E-state index contributed by atoms with van der Waals surface area (Å²) in [5.41, 5.74) is 0.492. The third-order valence-corrected chi connectivity index (χ3v) is 4.68. The molecule has 0 bridgehead atoms. The van der Waals surface area contributed by atoms with Crippen molar-refractivity contribution in [1.29, 1.82) is 0 Å². The number of rotatable bonds is 3. The van der Waals surface area contributed by atoms with Gasteiger partial charge >= 0.3 is 6.09 Å². The number of amides is 2. The van der Waals surface area contributed by atoms with E-state index in [1.54, 1.807) is 4.90 Å². The molecule has 25 heavy (non-hydrogen) atoms. The topological polar surface area (TPSA) is 49.9 Å². The Morgan fingerprint density at radius 1 is 1.20 bits per heavy atom. The molecule has 2 amide bonds. The monoisotopic (exact) mass is 344 g/mol. The van der Waals surface area contributed by atoms with Crippen molar-refractivity contribution in [2.45, 2.75) is 51.7 Å². The van der Waals surface area contributed by atoms with Crippen molar-refractivity contribution in [2.75, 3.05) is 19.6 Å². The molecule has 5 nitrogen and oxygen atoms in total. The van der Waals surface area contributed by atoms with Crippen molar-refractivity contribution in [3.8, 4) is 0 Å². The molecule has 0 aromatic heterocycles. The van der Waals surface area contributed by atoms with E-state index in [1.165, 1.54) is 12.8 Å². The summed E-state index contributed by atoms with van der Waals surface area (Å²) in [5, 5.41) is 0. The van der Waals surface area contributed by atoms with Crippen molar-refractivity contribution in [1.82, 2.24) is 9.80 Å². The molecule has 1 aliphatic heterocycles. The van der Waals surface area contributed by atoms with E-state index in [0.717, 1.165) is 12.1 Å². The van der Waals surface area contributed by atoms with Crippen molar-refractivity contribution in [2.24, 2.45) is 5.92 Å². The van der Waals surface area contributed by atoms with E-state index in [4.69, 9.17) is 4.74 Å². The SMILES string of the molecule is CC(C)(C)OC(=O)N1CCC(=O)N(CC2CC2)C[C@@H]1c1ccccc1. The van der Waals surface area contributed by atoms with Crippen LogP contribution in [0.4, 0.5) is 4.79 Å². The summed E-state index contributed by atoms with van der Waals surface area (Å²) in [6, 6.07) is 9.79. The predicted molar refractivity (Wildman–Crippen MR) is 96.0 cm³/mol. The fourth-order valence-electron chi connectivity index (χ4n) is 3.23. The maximum absolute atomic E-state index is 12.8. The predicted octanol–water partition coefficient (Wildman–Crippen LogP) is 3.61. The number of ether oxygens (including phenoxy) is 1. The largest absolute Gasteiger partial charge is 0.444 e. The molecule has 1 aromatic carbocycles. The van der Waals surface area contributed by atoms with Gasteiger partial charge in [-0.05, 0) is 45.1 Å². The summed E-state index contributed by atoms with van der Waals surface area (Å²) < 4.78 is 5.61. The first-order valence-electron chi connectivity index (χ1n) is 9.16. The van der Waals surface area contributed by atoms with Gasteiger partial charge in [-0.1, -0.05) is 30.3 Å². The highest BCUT2D eigenvalue weighted by atomic mass is 16.6. The minimum atomic E-state index is -0.553. The molecule has 2 fully saturated rings. The average Bonchev–Trinajstić information content (AvgIpc) is 3.36. The van der Waals surface area contributed by atoms with Crippen molar-refractivity contribution < 1.29 is 14.3 Å². The normalized spacial score (nSPS) is 21.9. The van der Waals surface area contributed by atoms with Crippen LogP contribution < -0.4 is 0 Å². The zero-order valence-electron chi connectivity index (χ0n) is 15.4. The minimum Gasteiger partial charge on any atom is -0.444 e. The van der Waals surface area contributed by atoms with Crippen LogP contribution in [-0.4, -0.2) is 47.0 Å². The molecule has 136 valence electrons. The van der Waals surface area contributed by atoms with Gasteiger partial charge in [0.05, 0.1) is 6.04 Å². The molecule has 1 aromatic rings. The number of hydrogen-bond donors (Lipinski definition) is 0. The van der Waals surface area contributed by atoms with Crippen LogP contribution in [0.15, 0.2) is 30.3 Å². The van der Waals surface area contributed by atoms with Crippen LogP contribution in [0.25, 0.3) is 0 Å². The lowest BCUT2D eigenvalue weighted by molar-refractivity contribution is -0.130. The van der Waals surface area contributed by atoms with Gasteiger partial charge in [-0.15, -0.1) is 0 Å². The van der Waals surface area contributed by atoms with Crippen molar-refractivity contribution >= 4 is 12.0 Å². The number of carbonyl (C=O) groups is 2. The lowest BCUT2D eigenvalue weighted by Crippen LogP contribution is -2.42. The molecule has 0 spiro atoms. The van der Waals surface area contributed by atoms with Gasteiger partial charge in [-0.3, -0.25) is 9.69 Å². The van der Waals surface area contributed by atoms with Gasteiger partial charge in [0.1, 0.15) is 5.60 Å². The van der Waals surface area contributed by atoms with Gasteiger partial charge < -0.3 is 9.64 Å². The van der Waals surface area contributed by atoms with E-state index in [9.17, 15) is 9.59 Å². The van der Waals surface area contributed by atoms with Gasteiger partial charge in [0.15, 0.2) is 0 Å². The van der Waals surface area contributed by atoms with Crippen LogP contribution >= 0.6 is 0 Å². The smallest absolute Gasteiger partial charge is 0.410 e. The Bertz CT molecular complexity index is 620. The zero-order valence-corrected chi connectivity index (χ0v) is 15.4. The molecule has 1 saturated heterocycles. The second kappa shape index (κ2) is 7.06. The van der Waals surface area contributed by atoms with Crippen LogP contribution in [0, 0.1) is 5.92 Å². The van der Waals surface area contributed by atoms with Crippen LogP contribution in [0.5, 0.6) is 0 Å². The first-order valence-corrected chi connectivity index (χ1v) is 9.16. The van der Waals surface area contributed by atoms with Crippen LogP contribution in [0.2, 0.25) is 0 Å². The Kier molecular flexibility index (Phi) is 5.02. The summed E-state index contributed by atoms with van der Waals surface area (Å²) in [6.45, 7) is 7.35. The van der Waals surface area contributed by atoms with Crippen LogP contribution in [-0.2, 0) is 9.53 Å². The number of carbonyl (C=O) groups excluding carboxylic acids is 2. The van der Waals surface area contributed by atoms with Crippen LogP contribution in [0.1, 0.15) is 51.6 Å². The lowest BCUT2D eigenvalue weighted by Gasteiger charge is -2.33. The molecule has 0 unspecified atom stereocenters. The molecule has 1 aliphatic carbocycles. The highest BCUT2D eigenvalue weighted by Crippen LogP contribution is 2.33. The Hall–Kier alpha value is -2.04. The molecule has 1 saturated carbocycles. The van der Waals surface area contributed by atoms with E-state index in [1.807, 2.05) is 56.0 Å². The maximum atomic E-state index is 12.8. The van der Waals surface area contributed by atoms with Crippen molar-refractivity contribution in [3.63, 3.8) is 0 Å². The number of benzene rings is 1. The standard InChI is InChI=1S/C20H28N2O3/c1-20(2,3)25-19(24)22-12-11-18(23)21(13-15-9-10-15)14-17(22)16-7-5-4-6-8-16/h4-8,15,17H,9-14H2,1-3H3/t17-/m1/s1. The van der Waals surface area contributed by atoms with Crippen LogP contribution in [0.3, 0.4) is 0 Å². The quantitative estimate of drug-likeness (QED) is 0.842. The van der Waals surface area contributed by atoms with E-state index in [-0.39, 0.29) is 18.0 Å². The minimum absolute atomic E-state index is 0.138. The summed E-state index contributed by atoms with van der Waals surface area (Å²) >= 11 is 0. The summed E-state index contributed by atoms with van der Waals surface area (Å²) in [6.07, 6.45) is 2.42. The van der Waals surface area contributed by atoms with Crippen molar-refractivity contribution in [3.05, 3.63) is 35.9 Å². The molecule has 1 heterocycles. The highest BCUT2D eigenvalue weighted by molar-refractivity contribution is 5.78. The number of hydrogen-bond acceptors (Lipinski definition) is 3. The Morgan fingerprint density at radius 2 is 1.88 bits per heavy atom. The van der Waals surface area contributed by atoms with E-state index in [0.29, 0.717) is 25.4 Å². The molecule has 5 heteroatoms. The second-order valence-electron chi connectivity index (χ2n) is 8.09. The van der Waals surface area contributed by atoms with Gasteiger partial charge in [-0.2, -0.15) is 0 Å². The Balaban J connectivity index is 1.85. The molecule has 0 radical (unpaired) electrons. The van der Waals surface area contributed by atoms with Gasteiger partial charge in [0.25, 0.3) is 0 Å². The maximum Gasteiger partial charge on any atom is 0.410 e.